The van der Waals surface area contributed by atoms with Crippen LogP contribution in [0.1, 0.15) is 11.3 Å². The molecule has 0 aliphatic rings. The minimum absolute atomic E-state index is 1.17. The van der Waals surface area contributed by atoms with Gasteiger partial charge in [0.15, 0.2) is 6.20 Å². The van der Waals surface area contributed by atoms with Gasteiger partial charge >= 0.3 is 0 Å². The lowest BCUT2D eigenvalue weighted by Gasteiger charge is -2.17. The predicted molar refractivity (Wildman–Crippen MR) is 110 cm³/mol. The number of aromatic nitrogens is 1. The standard InChI is InChI=1S/C25H18N.ClHO4/c1-3-12-23-19(7-1)9-5-10-20(23)15-16-22-11-6-14-25-24-13-4-2-8-21(24)17-18-26(22)25;2-1(3,4)5/h1-18H;(H,2,3,4,5)/q+1;/p-1/b16-15+;. The van der Waals surface area contributed by atoms with Crippen molar-refractivity contribution in [2.45, 2.75) is 0 Å². The average Bonchev–Trinajstić information content (AvgIpc) is 2.76. The summed E-state index contributed by atoms with van der Waals surface area (Å²) in [6.45, 7) is 0. The van der Waals surface area contributed by atoms with Crippen molar-refractivity contribution < 1.29 is 33.3 Å². The van der Waals surface area contributed by atoms with Crippen LogP contribution in [0.15, 0.2) is 97.2 Å². The maximum Gasteiger partial charge on any atom is 0.219 e. The van der Waals surface area contributed by atoms with Crippen LogP contribution < -0.4 is 23.0 Å². The molecule has 0 saturated carbocycles. The third-order valence-corrected chi connectivity index (χ3v) is 4.96. The fourth-order valence-electron chi connectivity index (χ4n) is 3.66. The van der Waals surface area contributed by atoms with Gasteiger partial charge in [0.2, 0.25) is 11.2 Å². The Labute approximate surface area is 181 Å². The average molecular weight is 432 g/mol. The molecule has 0 N–H and O–H groups in total. The topological polar surface area (TPSA) is 96.3 Å². The summed E-state index contributed by atoms with van der Waals surface area (Å²) in [5.74, 6) is 0. The summed E-state index contributed by atoms with van der Waals surface area (Å²) in [6.07, 6.45) is 6.56. The van der Waals surface area contributed by atoms with E-state index in [0.717, 1.165) is 0 Å². The maximum absolute atomic E-state index is 8.49. The number of pyridine rings is 2. The van der Waals surface area contributed by atoms with Gasteiger partial charge < -0.3 is 0 Å². The van der Waals surface area contributed by atoms with E-state index in [0.29, 0.717) is 0 Å². The molecule has 0 unspecified atom stereocenters. The molecule has 0 bridgehead atoms. The number of hydrogen-bond acceptors (Lipinski definition) is 4. The lowest BCUT2D eigenvalue weighted by atomic mass is 10.0. The lowest BCUT2D eigenvalue weighted by Crippen LogP contribution is -2.68. The van der Waals surface area contributed by atoms with Gasteiger partial charge in [-0.2, -0.15) is 4.40 Å². The molecule has 2 aromatic heterocycles. The summed E-state index contributed by atoms with van der Waals surface area (Å²) in [7, 11) is -4.94. The monoisotopic (exact) mass is 431 g/mol. The summed E-state index contributed by atoms with van der Waals surface area (Å²) in [6, 6.07) is 32.1. The highest BCUT2D eigenvalue weighted by Gasteiger charge is 2.10. The van der Waals surface area contributed by atoms with E-state index < -0.39 is 10.2 Å². The molecule has 31 heavy (non-hydrogen) atoms. The van der Waals surface area contributed by atoms with Crippen LogP contribution in [0.4, 0.5) is 0 Å². The van der Waals surface area contributed by atoms with Crippen molar-refractivity contribution in [3.63, 3.8) is 0 Å². The van der Waals surface area contributed by atoms with E-state index in [4.69, 9.17) is 18.6 Å². The van der Waals surface area contributed by atoms with E-state index in [1.807, 2.05) is 0 Å². The second-order valence-electron chi connectivity index (χ2n) is 6.89. The SMILES string of the molecule is C(=C\c1cccc2c3ccccc3cc[n+]12)/c1cccc2ccccc12.[O-][Cl+3]([O-])([O-])[O-]. The lowest BCUT2D eigenvalue weighted by molar-refractivity contribution is -2.00. The Kier molecular flexibility index (Phi) is 5.95. The van der Waals surface area contributed by atoms with Crippen LogP contribution in [0.5, 0.6) is 0 Å². The number of rotatable bonds is 2. The van der Waals surface area contributed by atoms with E-state index in [-0.39, 0.29) is 0 Å². The molecule has 154 valence electrons. The minimum atomic E-state index is -4.94. The number of fused-ring (bicyclic) bond motifs is 4. The first-order valence-corrected chi connectivity index (χ1v) is 10.7. The Morgan fingerprint density at radius 3 is 1.90 bits per heavy atom. The van der Waals surface area contributed by atoms with Crippen LogP contribution in [0.2, 0.25) is 0 Å². The van der Waals surface area contributed by atoms with Crippen molar-refractivity contribution in [2.75, 3.05) is 0 Å². The number of halogens is 1. The third kappa shape index (κ3) is 5.06. The fourth-order valence-corrected chi connectivity index (χ4v) is 3.66. The molecule has 5 nitrogen and oxygen atoms in total. The smallest absolute Gasteiger partial charge is 0.219 e. The zero-order valence-electron chi connectivity index (χ0n) is 16.4. The van der Waals surface area contributed by atoms with Gasteiger partial charge in [-0.15, -0.1) is 10.2 Å². The molecule has 0 amide bonds. The summed E-state index contributed by atoms with van der Waals surface area (Å²) < 4.78 is 36.2. The molecule has 0 atom stereocenters. The zero-order chi connectivity index (χ0) is 21.8. The molecule has 6 heteroatoms. The fraction of sp³-hybridized carbons (Fsp3) is 0. The first-order chi connectivity index (χ1) is 14.9. The van der Waals surface area contributed by atoms with Crippen LogP contribution in [-0.4, -0.2) is 0 Å². The highest BCUT2D eigenvalue weighted by molar-refractivity contribution is 5.94. The Balaban J connectivity index is 0.000000418. The van der Waals surface area contributed by atoms with Gasteiger partial charge in [0.25, 0.3) is 0 Å². The van der Waals surface area contributed by atoms with Crippen molar-refractivity contribution in [1.29, 1.82) is 0 Å². The van der Waals surface area contributed by atoms with Crippen molar-refractivity contribution in [1.82, 2.24) is 0 Å². The Morgan fingerprint density at radius 2 is 1.16 bits per heavy atom. The van der Waals surface area contributed by atoms with Crippen molar-refractivity contribution >= 4 is 39.2 Å². The Morgan fingerprint density at radius 1 is 0.581 bits per heavy atom. The van der Waals surface area contributed by atoms with Gasteiger partial charge in [0, 0.05) is 24.3 Å². The second-order valence-corrected chi connectivity index (χ2v) is 7.64. The minimum Gasteiger partial charge on any atom is -0.222 e. The van der Waals surface area contributed by atoms with Gasteiger partial charge in [-0.05, 0) is 39.9 Å². The maximum atomic E-state index is 8.49. The predicted octanol–water partition coefficient (Wildman–Crippen LogP) is 1.15. The second kappa shape index (κ2) is 8.81. The molecule has 3 aromatic carbocycles. The molecule has 0 aliphatic heterocycles. The Hall–Kier alpha value is -3.32. The molecule has 0 spiro atoms. The molecule has 0 radical (unpaired) electrons. The molecular weight excluding hydrogens is 414 g/mol. The third-order valence-electron chi connectivity index (χ3n) is 4.96. The van der Waals surface area contributed by atoms with Gasteiger partial charge in [-0.3, -0.25) is 0 Å². The van der Waals surface area contributed by atoms with Gasteiger partial charge in [-0.1, -0.05) is 60.7 Å². The zero-order valence-corrected chi connectivity index (χ0v) is 17.1. The summed E-state index contributed by atoms with van der Waals surface area (Å²) >= 11 is 0. The molecule has 0 aliphatic carbocycles. The molecule has 0 fully saturated rings. The molecule has 0 saturated heterocycles. The van der Waals surface area contributed by atoms with Gasteiger partial charge in [-0.25, -0.2) is 18.6 Å². The van der Waals surface area contributed by atoms with Crippen LogP contribution in [0.25, 0.3) is 39.2 Å². The number of benzene rings is 3. The number of hydrogen-bond donors (Lipinski definition) is 0. The van der Waals surface area contributed by atoms with Crippen LogP contribution in [0.3, 0.4) is 0 Å². The molecule has 5 rings (SSSR count). The largest absolute Gasteiger partial charge is 0.222 e. The molecular formula is C25H18ClNO4. The van der Waals surface area contributed by atoms with Crippen LogP contribution in [-0.2, 0) is 0 Å². The van der Waals surface area contributed by atoms with Crippen molar-refractivity contribution in [3.8, 4) is 0 Å². The highest BCUT2D eigenvalue weighted by atomic mass is 35.7. The van der Waals surface area contributed by atoms with E-state index in [1.54, 1.807) is 0 Å². The van der Waals surface area contributed by atoms with Crippen LogP contribution in [0, 0.1) is 10.2 Å². The first-order valence-electron chi connectivity index (χ1n) is 9.50. The van der Waals surface area contributed by atoms with Gasteiger partial charge in [0.1, 0.15) is 0 Å². The van der Waals surface area contributed by atoms with Gasteiger partial charge in [0.05, 0.1) is 5.39 Å². The van der Waals surface area contributed by atoms with E-state index in [9.17, 15) is 0 Å². The molecule has 5 aromatic rings. The van der Waals surface area contributed by atoms with Crippen molar-refractivity contribution in [2.24, 2.45) is 0 Å². The summed E-state index contributed by atoms with van der Waals surface area (Å²) in [5.41, 5.74) is 3.63. The first kappa shape index (κ1) is 20.9. The Bertz CT molecular complexity index is 1380. The summed E-state index contributed by atoms with van der Waals surface area (Å²) in [4.78, 5) is 0. The quantitative estimate of drug-likeness (QED) is 0.309. The van der Waals surface area contributed by atoms with E-state index in [1.165, 1.54) is 38.3 Å². The molecule has 2 heterocycles. The van der Waals surface area contributed by atoms with Crippen molar-refractivity contribution in [3.05, 3.63) is 108 Å². The number of nitrogens with zero attached hydrogens (tertiary/aromatic N) is 1. The van der Waals surface area contributed by atoms with E-state index in [2.05, 4.69) is 114 Å². The van der Waals surface area contributed by atoms with E-state index >= 15 is 0 Å². The summed E-state index contributed by atoms with van der Waals surface area (Å²) in [5, 5.41) is 5.09. The normalized spacial score (nSPS) is 11.7. The van der Waals surface area contributed by atoms with Crippen LogP contribution >= 0.6 is 0 Å². The highest BCUT2D eigenvalue weighted by Crippen LogP contribution is 2.21.